The second-order valence-electron chi connectivity index (χ2n) is 8.89. The fraction of sp³-hybridized carbons (Fsp3) is 0.739. The summed E-state index contributed by atoms with van der Waals surface area (Å²) in [5, 5.41) is 0. The average Bonchev–Trinajstić information content (AvgIpc) is 2.68. The monoisotopic (exact) mass is 422 g/mol. The van der Waals surface area contributed by atoms with Gasteiger partial charge >= 0.3 is 11.9 Å². The molecule has 0 saturated heterocycles. The minimum Gasteiger partial charge on any atom is -0.546 e. The predicted octanol–water partition coefficient (Wildman–Crippen LogP) is 5.22. The first-order valence-corrected chi connectivity index (χ1v) is 12.7. The highest BCUT2D eigenvalue weighted by molar-refractivity contribution is 6.77. The molecule has 0 aromatic heterocycles. The smallest absolute Gasteiger partial charge is 0.324 e. The molecule has 0 aliphatic heterocycles. The summed E-state index contributed by atoms with van der Waals surface area (Å²) >= 11 is 0. The first-order chi connectivity index (χ1) is 13.5. The Morgan fingerprint density at radius 1 is 1.10 bits per heavy atom. The van der Waals surface area contributed by atoms with E-state index in [1.165, 1.54) is 14.2 Å². The molecule has 0 fully saturated rings. The molecule has 0 saturated carbocycles. The van der Waals surface area contributed by atoms with E-state index >= 15 is 0 Å². The van der Waals surface area contributed by atoms with Gasteiger partial charge in [0.15, 0.2) is 5.41 Å². The third-order valence-corrected chi connectivity index (χ3v) is 12.5. The predicted molar refractivity (Wildman–Crippen MR) is 117 cm³/mol. The van der Waals surface area contributed by atoms with Crippen LogP contribution in [0.15, 0.2) is 11.8 Å². The standard InChI is InChI=1S/C23H38O5Si/c1-10-14-23(21(24)26-8,22(25)27-9)19-12-11-13-20(15-19)28-29(16(2)3,17(4)5)18(6)7/h1,15-19H,11-14H2,2-9H3. The van der Waals surface area contributed by atoms with Gasteiger partial charge in [-0.25, -0.2) is 0 Å². The molecule has 0 N–H and O–H groups in total. The van der Waals surface area contributed by atoms with Crippen LogP contribution in [0.1, 0.15) is 67.2 Å². The SMILES string of the molecule is C#CCC(C(=O)OC)(C(=O)OC)C1C=C(O[Si](C(C)C)(C(C)C)C(C)C)CCC1. The molecule has 0 spiro atoms. The van der Waals surface area contributed by atoms with Crippen molar-refractivity contribution in [2.24, 2.45) is 11.3 Å². The Kier molecular flexibility index (Phi) is 9.01. The maximum Gasteiger partial charge on any atom is 0.324 e. The number of hydrogen-bond donors (Lipinski definition) is 0. The maximum absolute atomic E-state index is 12.8. The van der Waals surface area contributed by atoms with E-state index in [4.69, 9.17) is 20.3 Å². The fourth-order valence-electron chi connectivity index (χ4n) is 5.13. The Morgan fingerprint density at radius 2 is 1.59 bits per heavy atom. The third kappa shape index (κ3) is 4.71. The number of allylic oxidation sites excluding steroid dienone is 2. The van der Waals surface area contributed by atoms with Crippen LogP contribution >= 0.6 is 0 Å². The molecule has 1 aliphatic rings. The number of ether oxygens (including phenoxy) is 2. The van der Waals surface area contributed by atoms with Crippen molar-refractivity contribution >= 4 is 20.3 Å². The Hall–Kier alpha value is -1.74. The molecule has 1 aliphatic carbocycles. The Bertz CT molecular complexity index is 619. The van der Waals surface area contributed by atoms with Crippen molar-refractivity contribution in [1.82, 2.24) is 0 Å². The lowest BCUT2D eigenvalue weighted by Crippen LogP contribution is -2.49. The fourth-order valence-corrected chi connectivity index (χ4v) is 10.5. The lowest BCUT2D eigenvalue weighted by molar-refractivity contribution is -0.172. The van der Waals surface area contributed by atoms with Gasteiger partial charge in [0, 0.05) is 18.8 Å². The van der Waals surface area contributed by atoms with Crippen LogP contribution in [0.2, 0.25) is 16.6 Å². The summed E-state index contributed by atoms with van der Waals surface area (Å²) in [6.07, 6.45) is 9.70. The van der Waals surface area contributed by atoms with Crippen LogP contribution < -0.4 is 0 Å². The highest BCUT2D eigenvalue weighted by atomic mass is 28.4. The largest absolute Gasteiger partial charge is 0.546 e. The first kappa shape index (κ1) is 25.3. The van der Waals surface area contributed by atoms with Crippen LogP contribution in [0.4, 0.5) is 0 Å². The zero-order chi connectivity index (χ0) is 22.4. The van der Waals surface area contributed by atoms with Crippen molar-refractivity contribution in [3.63, 3.8) is 0 Å². The number of hydrogen-bond acceptors (Lipinski definition) is 5. The molecule has 0 aromatic carbocycles. The van der Waals surface area contributed by atoms with Gasteiger partial charge in [0.2, 0.25) is 0 Å². The number of methoxy groups -OCH3 is 2. The van der Waals surface area contributed by atoms with Gasteiger partial charge in [0.05, 0.1) is 20.0 Å². The summed E-state index contributed by atoms with van der Waals surface area (Å²) in [5.41, 5.74) is -0.244. The molecule has 1 atom stereocenters. The normalized spacial score (nSPS) is 17.7. The van der Waals surface area contributed by atoms with Gasteiger partial charge in [0.1, 0.15) is 0 Å². The van der Waals surface area contributed by atoms with E-state index in [2.05, 4.69) is 47.5 Å². The van der Waals surface area contributed by atoms with Crippen LogP contribution in [-0.2, 0) is 23.5 Å². The van der Waals surface area contributed by atoms with Crippen LogP contribution in [0, 0.1) is 23.7 Å². The van der Waals surface area contributed by atoms with Crippen LogP contribution in [-0.4, -0.2) is 34.5 Å². The van der Waals surface area contributed by atoms with Gasteiger partial charge < -0.3 is 13.9 Å². The molecule has 0 radical (unpaired) electrons. The average molecular weight is 423 g/mol. The molecule has 1 rings (SSSR count). The lowest BCUT2D eigenvalue weighted by Gasteiger charge is -2.44. The molecule has 164 valence electrons. The second kappa shape index (κ2) is 10.3. The zero-order valence-corrected chi connectivity index (χ0v) is 20.3. The van der Waals surface area contributed by atoms with Crippen molar-refractivity contribution in [2.75, 3.05) is 14.2 Å². The van der Waals surface area contributed by atoms with E-state index in [9.17, 15) is 9.59 Å². The molecule has 29 heavy (non-hydrogen) atoms. The van der Waals surface area contributed by atoms with E-state index < -0.39 is 31.6 Å². The van der Waals surface area contributed by atoms with E-state index in [1.807, 2.05) is 6.08 Å². The highest BCUT2D eigenvalue weighted by Gasteiger charge is 2.54. The zero-order valence-electron chi connectivity index (χ0n) is 19.3. The summed E-state index contributed by atoms with van der Waals surface area (Å²) in [6, 6.07) is 0. The van der Waals surface area contributed by atoms with Crippen molar-refractivity contribution in [2.45, 2.75) is 83.8 Å². The van der Waals surface area contributed by atoms with Gasteiger partial charge in [-0.15, -0.1) is 12.3 Å². The number of esters is 2. The maximum atomic E-state index is 12.8. The Labute approximate surface area is 177 Å². The van der Waals surface area contributed by atoms with E-state index in [0.717, 1.165) is 18.6 Å². The summed E-state index contributed by atoms with van der Waals surface area (Å²) < 4.78 is 16.8. The summed E-state index contributed by atoms with van der Waals surface area (Å²) in [4.78, 5) is 25.5. The van der Waals surface area contributed by atoms with E-state index in [-0.39, 0.29) is 6.42 Å². The minimum atomic E-state index is -2.13. The van der Waals surface area contributed by atoms with Gasteiger partial charge in [0.25, 0.3) is 8.32 Å². The molecular weight excluding hydrogens is 384 g/mol. The molecule has 5 nitrogen and oxygen atoms in total. The van der Waals surface area contributed by atoms with Crippen LogP contribution in [0.3, 0.4) is 0 Å². The third-order valence-electron chi connectivity index (χ3n) is 6.45. The number of carbonyl (C=O) groups excluding carboxylic acids is 2. The van der Waals surface area contributed by atoms with Crippen LogP contribution in [0.25, 0.3) is 0 Å². The van der Waals surface area contributed by atoms with Crippen LogP contribution in [0.5, 0.6) is 0 Å². The number of carbonyl (C=O) groups is 2. The molecule has 0 heterocycles. The van der Waals surface area contributed by atoms with Gasteiger partial charge in [-0.3, -0.25) is 9.59 Å². The Morgan fingerprint density at radius 3 is 1.97 bits per heavy atom. The molecule has 6 heteroatoms. The molecule has 0 amide bonds. The van der Waals surface area contributed by atoms with Crippen molar-refractivity contribution in [3.8, 4) is 12.3 Å². The summed E-state index contributed by atoms with van der Waals surface area (Å²) in [5.74, 6) is 1.65. The molecular formula is C23H38O5Si. The topological polar surface area (TPSA) is 61.8 Å². The summed E-state index contributed by atoms with van der Waals surface area (Å²) in [7, 11) is 0.411. The van der Waals surface area contributed by atoms with Crippen molar-refractivity contribution < 1.29 is 23.5 Å². The second-order valence-corrected chi connectivity index (χ2v) is 14.3. The van der Waals surface area contributed by atoms with Crippen molar-refractivity contribution in [1.29, 1.82) is 0 Å². The molecule has 0 bridgehead atoms. The minimum absolute atomic E-state index is 0.0676. The number of rotatable bonds is 9. The lowest BCUT2D eigenvalue weighted by atomic mass is 9.69. The van der Waals surface area contributed by atoms with Gasteiger partial charge in [-0.1, -0.05) is 41.5 Å². The Balaban J connectivity index is 3.47. The molecule has 1 unspecified atom stereocenters. The number of terminal acetylenes is 1. The quantitative estimate of drug-likeness (QED) is 0.221. The molecule has 0 aromatic rings. The first-order valence-electron chi connectivity index (χ1n) is 10.5. The van der Waals surface area contributed by atoms with Gasteiger partial charge in [-0.2, -0.15) is 0 Å². The van der Waals surface area contributed by atoms with Crippen molar-refractivity contribution in [3.05, 3.63) is 11.8 Å². The van der Waals surface area contributed by atoms with E-state index in [1.54, 1.807) is 0 Å². The van der Waals surface area contributed by atoms with E-state index in [0.29, 0.717) is 23.0 Å². The van der Waals surface area contributed by atoms with Gasteiger partial charge in [-0.05, 0) is 35.5 Å². The summed E-state index contributed by atoms with van der Waals surface area (Å²) in [6.45, 7) is 13.4. The highest BCUT2D eigenvalue weighted by Crippen LogP contribution is 2.47.